The molecule has 1 fully saturated rings. The number of nitrogens with zero attached hydrogens (tertiary/aromatic N) is 1. The molecule has 2 heteroatoms. The van der Waals surface area contributed by atoms with Crippen LogP contribution in [0.2, 0.25) is 0 Å². The fourth-order valence-corrected chi connectivity index (χ4v) is 4.08. The number of rotatable bonds is 1. The van der Waals surface area contributed by atoms with Crippen LogP contribution in [-0.2, 0) is 13.0 Å². The second-order valence-corrected chi connectivity index (χ2v) is 6.07. The zero-order chi connectivity index (χ0) is 12.8. The number of piperidine rings is 1. The lowest BCUT2D eigenvalue weighted by Crippen LogP contribution is -2.27. The first-order valence-electron chi connectivity index (χ1n) is 7.70. The van der Waals surface area contributed by atoms with E-state index in [-0.39, 0.29) is 0 Å². The quantitative estimate of drug-likeness (QED) is 0.821. The van der Waals surface area contributed by atoms with Crippen LogP contribution < -0.4 is 5.32 Å². The van der Waals surface area contributed by atoms with Crippen LogP contribution in [0.5, 0.6) is 0 Å². The van der Waals surface area contributed by atoms with Crippen molar-refractivity contribution in [1.29, 1.82) is 0 Å². The molecule has 1 atom stereocenters. The average Bonchev–Trinajstić information content (AvgIpc) is 2.76. The highest BCUT2D eigenvalue weighted by molar-refractivity contribution is 5.89. The van der Waals surface area contributed by atoms with E-state index < -0.39 is 0 Å². The van der Waals surface area contributed by atoms with E-state index in [9.17, 15) is 0 Å². The first-order valence-corrected chi connectivity index (χ1v) is 7.70. The van der Waals surface area contributed by atoms with E-state index in [0.717, 1.165) is 0 Å². The van der Waals surface area contributed by atoms with E-state index >= 15 is 0 Å². The minimum Gasteiger partial charge on any atom is -0.344 e. The van der Waals surface area contributed by atoms with Crippen LogP contribution in [0.15, 0.2) is 18.2 Å². The van der Waals surface area contributed by atoms with Gasteiger partial charge in [0.1, 0.15) is 0 Å². The fraction of sp³-hybridized carbons (Fsp3) is 0.529. The summed E-state index contributed by atoms with van der Waals surface area (Å²) in [5.74, 6) is 0. The Kier molecular flexibility index (Phi) is 2.66. The van der Waals surface area contributed by atoms with E-state index in [4.69, 9.17) is 0 Å². The summed E-state index contributed by atoms with van der Waals surface area (Å²) in [7, 11) is 0. The molecule has 3 heterocycles. The summed E-state index contributed by atoms with van der Waals surface area (Å²) in [4.78, 5) is 0. The summed E-state index contributed by atoms with van der Waals surface area (Å²) >= 11 is 0. The van der Waals surface area contributed by atoms with Gasteiger partial charge in [-0.2, -0.15) is 0 Å². The molecule has 0 bridgehead atoms. The van der Waals surface area contributed by atoms with Crippen molar-refractivity contribution in [3.8, 4) is 0 Å². The summed E-state index contributed by atoms with van der Waals surface area (Å²) in [5, 5.41) is 5.24. The van der Waals surface area contributed by atoms with Gasteiger partial charge >= 0.3 is 0 Å². The lowest BCUT2D eigenvalue weighted by molar-refractivity contribution is 0.412. The molecule has 2 aliphatic rings. The van der Waals surface area contributed by atoms with E-state index in [0.29, 0.717) is 6.04 Å². The third-order valence-corrected chi connectivity index (χ3v) is 4.96. The fourth-order valence-electron chi connectivity index (χ4n) is 4.08. The van der Waals surface area contributed by atoms with Gasteiger partial charge in [-0.15, -0.1) is 0 Å². The third kappa shape index (κ3) is 1.66. The van der Waals surface area contributed by atoms with Gasteiger partial charge in [-0.1, -0.05) is 24.6 Å². The summed E-state index contributed by atoms with van der Waals surface area (Å²) in [6, 6.07) is 7.47. The van der Waals surface area contributed by atoms with Crippen LogP contribution in [0, 0.1) is 6.92 Å². The Morgan fingerprint density at radius 3 is 3.00 bits per heavy atom. The van der Waals surface area contributed by atoms with Crippen molar-refractivity contribution in [1.82, 2.24) is 9.88 Å². The standard InChI is InChI=1S/C17H22N2/c1-12-16(15-9-2-3-10-18-15)14-8-4-6-13-7-5-11-19(12)17(13)14/h4,6,8,15,18H,2-3,5,7,9-11H2,1H3. The molecule has 4 rings (SSSR count). The maximum Gasteiger partial charge on any atom is 0.0518 e. The first-order chi connectivity index (χ1) is 9.36. The second kappa shape index (κ2) is 4.38. The molecule has 0 amide bonds. The third-order valence-electron chi connectivity index (χ3n) is 4.96. The molecule has 1 aromatic carbocycles. The van der Waals surface area contributed by atoms with Gasteiger partial charge in [0.05, 0.1) is 5.52 Å². The van der Waals surface area contributed by atoms with E-state index in [1.54, 1.807) is 11.1 Å². The summed E-state index contributed by atoms with van der Waals surface area (Å²) in [5.41, 5.74) is 6.16. The zero-order valence-electron chi connectivity index (χ0n) is 11.7. The highest BCUT2D eigenvalue weighted by atomic mass is 15.0. The molecule has 100 valence electrons. The van der Waals surface area contributed by atoms with Crippen molar-refractivity contribution in [3.63, 3.8) is 0 Å². The predicted octanol–water partition coefficient (Wildman–Crippen LogP) is 3.71. The van der Waals surface area contributed by atoms with Gasteiger partial charge in [-0.3, -0.25) is 0 Å². The summed E-state index contributed by atoms with van der Waals surface area (Å²) < 4.78 is 2.57. The normalized spacial score (nSPS) is 22.9. The number of aryl methyl sites for hydroxylation is 2. The van der Waals surface area contributed by atoms with Crippen LogP contribution in [0.25, 0.3) is 10.9 Å². The van der Waals surface area contributed by atoms with Crippen LogP contribution >= 0.6 is 0 Å². The minimum atomic E-state index is 0.575. The minimum absolute atomic E-state index is 0.575. The molecule has 0 spiro atoms. The van der Waals surface area contributed by atoms with E-state index in [1.165, 1.54) is 61.8 Å². The van der Waals surface area contributed by atoms with Gasteiger partial charge in [0.15, 0.2) is 0 Å². The van der Waals surface area contributed by atoms with E-state index in [1.807, 2.05) is 0 Å². The number of hydrogen-bond donors (Lipinski definition) is 1. The highest BCUT2D eigenvalue weighted by Gasteiger charge is 2.25. The van der Waals surface area contributed by atoms with Gasteiger partial charge < -0.3 is 9.88 Å². The highest BCUT2D eigenvalue weighted by Crippen LogP contribution is 2.37. The Balaban J connectivity index is 1.95. The molecule has 19 heavy (non-hydrogen) atoms. The van der Waals surface area contributed by atoms with Gasteiger partial charge in [0, 0.05) is 23.7 Å². The van der Waals surface area contributed by atoms with Crippen molar-refractivity contribution in [2.24, 2.45) is 0 Å². The number of nitrogens with one attached hydrogen (secondary N) is 1. The molecule has 1 N–H and O–H groups in total. The smallest absolute Gasteiger partial charge is 0.0518 e. The van der Waals surface area contributed by atoms with Crippen molar-refractivity contribution in [2.45, 2.75) is 51.6 Å². The number of hydrogen-bond acceptors (Lipinski definition) is 1. The molecule has 2 nitrogen and oxygen atoms in total. The van der Waals surface area contributed by atoms with E-state index in [2.05, 4.69) is 35.0 Å². The number of para-hydroxylation sites is 1. The van der Waals surface area contributed by atoms with Gasteiger partial charge in [-0.25, -0.2) is 0 Å². The van der Waals surface area contributed by atoms with Crippen LogP contribution in [0.1, 0.15) is 48.5 Å². The monoisotopic (exact) mass is 254 g/mol. The Morgan fingerprint density at radius 2 is 2.16 bits per heavy atom. The largest absolute Gasteiger partial charge is 0.344 e. The summed E-state index contributed by atoms with van der Waals surface area (Å²) in [6.45, 7) is 4.70. The summed E-state index contributed by atoms with van der Waals surface area (Å²) in [6.07, 6.45) is 6.53. The molecule has 0 radical (unpaired) electrons. The first kappa shape index (κ1) is 11.5. The number of aromatic nitrogens is 1. The van der Waals surface area contributed by atoms with Crippen molar-refractivity contribution >= 4 is 10.9 Å². The predicted molar refractivity (Wildman–Crippen MR) is 79.6 cm³/mol. The van der Waals surface area contributed by atoms with Crippen LogP contribution in [0.3, 0.4) is 0 Å². The zero-order valence-corrected chi connectivity index (χ0v) is 11.7. The molecule has 0 aliphatic carbocycles. The Hall–Kier alpha value is -1.28. The van der Waals surface area contributed by atoms with Crippen molar-refractivity contribution in [3.05, 3.63) is 35.0 Å². The average molecular weight is 254 g/mol. The molecule has 2 aromatic rings. The molecule has 1 unspecified atom stereocenters. The van der Waals surface area contributed by atoms with Gasteiger partial charge in [0.2, 0.25) is 0 Å². The van der Waals surface area contributed by atoms with Gasteiger partial charge in [0.25, 0.3) is 0 Å². The Bertz CT molecular complexity index is 618. The maximum absolute atomic E-state index is 3.73. The molecule has 2 aliphatic heterocycles. The topological polar surface area (TPSA) is 17.0 Å². The SMILES string of the molecule is Cc1c(C2CCCCN2)c2cccc3c2n1CCC3. The van der Waals surface area contributed by atoms with Crippen molar-refractivity contribution < 1.29 is 0 Å². The maximum atomic E-state index is 3.73. The molecular weight excluding hydrogens is 232 g/mol. The lowest BCUT2D eigenvalue weighted by atomic mass is 9.94. The number of benzene rings is 1. The Morgan fingerprint density at radius 1 is 1.21 bits per heavy atom. The van der Waals surface area contributed by atoms with Crippen LogP contribution in [0.4, 0.5) is 0 Å². The molecular formula is C17H22N2. The molecule has 1 saturated heterocycles. The lowest BCUT2D eigenvalue weighted by Gasteiger charge is -2.24. The Labute approximate surface area is 114 Å². The second-order valence-electron chi connectivity index (χ2n) is 6.07. The van der Waals surface area contributed by atoms with Crippen molar-refractivity contribution in [2.75, 3.05) is 6.54 Å². The molecule has 1 aromatic heterocycles. The van der Waals surface area contributed by atoms with Gasteiger partial charge in [-0.05, 0) is 50.3 Å². The van der Waals surface area contributed by atoms with Crippen LogP contribution in [-0.4, -0.2) is 11.1 Å². The molecule has 0 saturated carbocycles.